The molecule has 0 radical (unpaired) electrons. The summed E-state index contributed by atoms with van der Waals surface area (Å²) in [5.74, 6) is 1.06. The molecule has 0 saturated heterocycles. The third kappa shape index (κ3) is 4.49. The highest BCUT2D eigenvalue weighted by Gasteiger charge is 2.42. The molecule has 1 aliphatic rings. The SMILES string of the molecule is C=CCOc1ccc(C2c3c(-c4c(C)cc(C)cc4O)n[nH]c3C(=O)N2CCCO)cc1OCC. The Morgan fingerprint density at radius 3 is 2.69 bits per heavy atom. The van der Waals surface area contributed by atoms with Crippen LogP contribution in [0.2, 0.25) is 0 Å². The summed E-state index contributed by atoms with van der Waals surface area (Å²) in [7, 11) is 0. The zero-order valence-electron chi connectivity index (χ0n) is 20.3. The number of aromatic amines is 1. The van der Waals surface area contributed by atoms with Crippen molar-refractivity contribution in [2.75, 3.05) is 26.4 Å². The number of ether oxygens (including phenoxy) is 2. The van der Waals surface area contributed by atoms with Crippen molar-refractivity contribution >= 4 is 5.91 Å². The Bertz CT molecular complexity index is 1230. The van der Waals surface area contributed by atoms with Gasteiger partial charge in [0.2, 0.25) is 0 Å². The van der Waals surface area contributed by atoms with Crippen LogP contribution in [0.5, 0.6) is 17.2 Å². The maximum Gasteiger partial charge on any atom is 0.273 e. The van der Waals surface area contributed by atoms with Crippen molar-refractivity contribution in [3.63, 3.8) is 0 Å². The molecule has 1 atom stereocenters. The van der Waals surface area contributed by atoms with Gasteiger partial charge in [-0.25, -0.2) is 0 Å². The summed E-state index contributed by atoms with van der Waals surface area (Å²) in [6.07, 6.45) is 2.10. The fourth-order valence-electron chi connectivity index (χ4n) is 4.69. The molecule has 8 heteroatoms. The highest BCUT2D eigenvalue weighted by molar-refractivity contribution is 6.00. The minimum absolute atomic E-state index is 0.0358. The van der Waals surface area contributed by atoms with E-state index in [9.17, 15) is 15.0 Å². The van der Waals surface area contributed by atoms with Gasteiger partial charge in [0, 0.05) is 24.3 Å². The van der Waals surface area contributed by atoms with E-state index in [-0.39, 0.29) is 18.3 Å². The van der Waals surface area contributed by atoms with E-state index in [0.29, 0.717) is 60.2 Å². The molecule has 1 aromatic heterocycles. The molecular formula is C27H31N3O5. The van der Waals surface area contributed by atoms with Gasteiger partial charge in [-0.05, 0) is 62.1 Å². The third-order valence-electron chi connectivity index (χ3n) is 6.06. The summed E-state index contributed by atoms with van der Waals surface area (Å²) in [6.45, 7) is 10.5. The number of carbonyl (C=O) groups excluding carboxylic acids is 1. The fraction of sp³-hybridized carbons (Fsp3) is 0.333. The van der Waals surface area contributed by atoms with E-state index in [1.54, 1.807) is 17.0 Å². The Hall–Kier alpha value is -3.78. The molecule has 0 saturated carbocycles. The number of hydrogen-bond donors (Lipinski definition) is 3. The Balaban J connectivity index is 1.88. The van der Waals surface area contributed by atoms with Crippen molar-refractivity contribution in [3.8, 4) is 28.5 Å². The molecule has 8 nitrogen and oxygen atoms in total. The monoisotopic (exact) mass is 477 g/mol. The van der Waals surface area contributed by atoms with Crippen molar-refractivity contribution < 1.29 is 24.5 Å². The van der Waals surface area contributed by atoms with E-state index in [0.717, 1.165) is 16.7 Å². The average molecular weight is 478 g/mol. The van der Waals surface area contributed by atoms with E-state index in [1.807, 2.05) is 45.0 Å². The first-order valence-corrected chi connectivity index (χ1v) is 11.7. The number of nitrogens with zero attached hydrogens (tertiary/aromatic N) is 2. The summed E-state index contributed by atoms with van der Waals surface area (Å²) in [5.41, 5.74) is 4.81. The number of carbonyl (C=O) groups is 1. The van der Waals surface area contributed by atoms with E-state index < -0.39 is 6.04 Å². The van der Waals surface area contributed by atoms with Crippen LogP contribution in [0.15, 0.2) is 43.0 Å². The number of aromatic nitrogens is 2. The van der Waals surface area contributed by atoms with Crippen LogP contribution in [-0.2, 0) is 0 Å². The average Bonchev–Trinajstić information content (AvgIpc) is 3.35. The van der Waals surface area contributed by atoms with Crippen LogP contribution in [0, 0.1) is 13.8 Å². The molecule has 0 fully saturated rings. The van der Waals surface area contributed by atoms with Gasteiger partial charge in [-0.15, -0.1) is 0 Å². The van der Waals surface area contributed by atoms with Crippen molar-refractivity contribution in [3.05, 3.63) is 70.9 Å². The summed E-state index contributed by atoms with van der Waals surface area (Å²) in [4.78, 5) is 15.1. The van der Waals surface area contributed by atoms with Gasteiger partial charge in [0.15, 0.2) is 11.5 Å². The fourth-order valence-corrected chi connectivity index (χ4v) is 4.69. The van der Waals surface area contributed by atoms with Crippen LogP contribution in [0.1, 0.15) is 52.1 Å². The smallest absolute Gasteiger partial charge is 0.273 e. The lowest BCUT2D eigenvalue weighted by Crippen LogP contribution is -2.31. The molecule has 0 aliphatic carbocycles. The molecule has 1 amide bonds. The number of aliphatic hydroxyl groups excluding tert-OH is 1. The number of aromatic hydroxyl groups is 1. The number of aliphatic hydroxyl groups is 1. The van der Waals surface area contributed by atoms with Gasteiger partial charge in [-0.3, -0.25) is 9.89 Å². The predicted octanol–water partition coefficient (Wildman–Crippen LogP) is 4.29. The normalized spacial score (nSPS) is 14.8. The molecule has 3 N–H and O–H groups in total. The van der Waals surface area contributed by atoms with Gasteiger partial charge in [-0.1, -0.05) is 24.8 Å². The number of phenols is 1. The van der Waals surface area contributed by atoms with Crippen LogP contribution in [0.25, 0.3) is 11.3 Å². The second kappa shape index (κ2) is 10.2. The van der Waals surface area contributed by atoms with E-state index >= 15 is 0 Å². The zero-order chi connectivity index (χ0) is 25.1. The van der Waals surface area contributed by atoms with Gasteiger partial charge in [0.05, 0.1) is 12.6 Å². The maximum atomic E-state index is 13.4. The van der Waals surface area contributed by atoms with Crippen molar-refractivity contribution in [2.24, 2.45) is 0 Å². The zero-order valence-corrected chi connectivity index (χ0v) is 20.3. The number of H-pyrrole nitrogens is 1. The molecule has 0 bridgehead atoms. The minimum Gasteiger partial charge on any atom is -0.507 e. The van der Waals surface area contributed by atoms with Crippen LogP contribution in [-0.4, -0.2) is 57.6 Å². The quantitative estimate of drug-likeness (QED) is 0.376. The number of amides is 1. The number of aryl methyl sites for hydroxylation is 2. The Labute approximate surface area is 204 Å². The molecule has 2 aromatic carbocycles. The van der Waals surface area contributed by atoms with Crippen LogP contribution in [0.3, 0.4) is 0 Å². The van der Waals surface area contributed by atoms with Crippen molar-refractivity contribution in [1.29, 1.82) is 0 Å². The van der Waals surface area contributed by atoms with Gasteiger partial charge < -0.3 is 24.6 Å². The molecule has 4 rings (SSSR count). The molecule has 1 aliphatic heterocycles. The van der Waals surface area contributed by atoms with Gasteiger partial charge in [0.1, 0.15) is 23.7 Å². The number of fused-ring (bicyclic) bond motifs is 1. The van der Waals surface area contributed by atoms with Crippen LogP contribution >= 0.6 is 0 Å². The number of nitrogens with one attached hydrogen (secondary N) is 1. The first-order chi connectivity index (χ1) is 16.9. The number of hydrogen-bond acceptors (Lipinski definition) is 6. The van der Waals surface area contributed by atoms with Gasteiger partial charge >= 0.3 is 0 Å². The predicted molar refractivity (Wildman–Crippen MR) is 133 cm³/mol. The summed E-state index contributed by atoms with van der Waals surface area (Å²) in [5, 5.41) is 27.6. The number of phenolic OH excluding ortho intramolecular Hbond substituents is 1. The van der Waals surface area contributed by atoms with Crippen molar-refractivity contribution in [1.82, 2.24) is 15.1 Å². The highest BCUT2D eigenvalue weighted by atomic mass is 16.5. The Morgan fingerprint density at radius 2 is 2.00 bits per heavy atom. The molecule has 1 unspecified atom stereocenters. The van der Waals surface area contributed by atoms with Crippen LogP contribution < -0.4 is 9.47 Å². The van der Waals surface area contributed by atoms with E-state index in [1.165, 1.54) is 0 Å². The molecule has 2 heterocycles. The largest absolute Gasteiger partial charge is 0.507 e. The van der Waals surface area contributed by atoms with E-state index in [4.69, 9.17) is 9.47 Å². The first-order valence-electron chi connectivity index (χ1n) is 11.7. The van der Waals surface area contributed by atoms with Crippen molar-refractivity contribution in [2.45, 2.75) is 33.2 Å². The topological polar surface area (TPSA) is 108 Å². The molecular weight excluding hydrogens is 446 g/mol. The lowest BCUT2D eigenvalue weighted by Gasteiger charge is -2.27. The van der Waals surface area contributed by atoms with Gasteiger partial charge in [-0.2, -0.15) is 5.10 Å². The highest BCUT2D eigenvalue weighted by Crippen LogP contribution is 2.46. The number of benzene rings is 2. The Morgan fingerprint density at radius 1 is 1.20 bits per heavy atom. The Kier molecular flexibility index (Phi) is 7.12. The maximum absolute atomic E-state index is 13.4. The van der Waals surface area contributed by atoms with Crippen LogP contribution in [0.4, 0.5) is 0 Å². The number of rotatable bonds is 10. The summed E-state index contributed by atoms with van der Waals surface area (Å²) < 4.78 is 11.6. The molecule has 0 spiro atoms. The lowest BCUT2D eigenvalue weighted by molar-refractivity contribution is 0.0732. The standard InChI is InChI=1S/C27H31N3O5/c1-5-12-35-20-9-8-18(15-21(20)34-6-2)26-23-24(22-17(4)13-16(3)14-19(22)32)28-29-25(23)27(33)30(26)10-7-11-31/h5,8-9,13-15,26,31-32H,1,6-7,10-12H2,2-4H3,(H,28,29). The lowest BCUT2D eigenvalue weighted by atomic mass is 9.93. The molecule has 3 aromatic rings. The van der Waals surface area contributed by atoms with Gasteiger partial charge in [0.25, 0.3) is 5.91 Å². The molecule has 184 valence electrons. The second-order valence-corrected chi connectivity index (χ2v) is 8.55. The summed E-state index contributed by atoms with van der Waals surface area (Å²) >= 11 is 0. The summed E-state index contributed by atoms with van der Waals surface area (Å²) in [6, 6.07) is 8.79. The molecule has 35 heavy (non-hydrogen) atoms. The minimum atomic E-state index is -0.481. The second-order valence-electron chi connectivity index (χ2n) is 8.55. The van der Waals surface area contributed by atoms with E-state index in [2.05, 4.69) is 16.8 Å². The third-order valence-corrected chi connectivity index (χ3v) is 6.06. The first kappa shape index (κ1) is 24.3.